The molecule has 15 heavy (non-hydrogen) atoms. The summed E-state index contributed by atoms with van der Waals surface area (Å²) in [4.78, 5) is 4.19. The maximum Gasteiger partial charge on any atom is 0.244 e. The van der Waals surface area contributed by atoms with Crippen molar-refractivity contribution < 1.29 is 9.26 Å². The molecule has 0 aromatic carbocycles. The summed E-state index contributed by atoms with van der Waals surface area (Å²) in [5.74, 6) is 1.02. The van der Waals surface area contributed by atoms with Crippen molar-refractivity contribution in [1.29, 1.82) is 0 Å². The van der Waals surface area contributed by atoms with Gasteiger partial charge in [0.2, 0.25) is 5.89 Å². The lowest BCUT2D eigenvalue weighted by molar-refractivity contribution is 0.126. The molecule has 0 fully saturated rings. The van der Waals surface area contributed by atoms with Crippen LogP contribution in [0.15, 0.2) is 4.52 Å². The van der Waals surface area contributed by atoms with Crippen LogP contribution in [0.25, 0.3) is 0 Å². The Morgan fingerprint density at radius 2 is 2.13 bits per heavy atom. The molecule has 0 amide bonds. The van der Waals surface area contributed by atoms with Gasteiger partial charge in [-0.2, -0.15) is 4.98 Å². The molecular weight excluding hydrogens is 194 g/mol. The molecule has 0 saturated heterocycles. The Hall–Kier alpha value is -0.940. The van der Waals surface area contributed by atoms with Crippen LogP contribution in [0.2, 0.25) is 0 Å². The summed E-state index contributed by atoms with van der Waals surface area (Å²) in [6, 6.07) is -0.250. The van der Waals surface area contributed by atoms with Crippen LogP contribution < -0.4 is 5.73 Å². The van der Waals surface area contributed by atoms with Gasteiger partial charge in [0.25, 0.3) is 0 Å². The summed E-state index contributed by atoms with van der Waals surface area (Å²) in [6.07, 6.45) is 0. The van der Waals surface area contributed by atoms with Gasteiger partial charge in [0.05, 0.1) is 6.04 Å². The lowest BCUT2D eigenvalue weighted by Crippen LogP contribution is -2.26. The van der Waals surface area contributed by atoms with Gasteiger partial charge in [-0.05, 0) is 12.3 Å². The van der Waals surface area contributed by atoms with Crippen molar-refractivity contribution >= 4 is 0 Å². The van der Waals surface area contributed by atoms with E-state index in [1.165, 1.54) is 0 Å². The van der Waals surface area contributed by atoms with Gasteiger partial charge in [0, 0.05) is 6.61 Å². The highest BCUT2D eigenvalue weighted by Gasteiger charge is 2.27. The van der Waals surface area contributed by atoms with Gasteiger partial charge in [-0.1, -0.05) is 25.9 Å². The van der Waals surface area contributed by atoms with E-state index in [2.05, 4.69) is 10.1 Å². The van der Waals surface area contributed by atoms with Crippen LogP contribution in [0.1, 0.15) is 45.5 Å². The van der Waals surface area contributed by atoms with Crippen LogP contribution in [0.5, 0.6) is 0 Å². The van der Waals surface area contributed by atoms with Gasteiger partial charge >= 0.3 is 0 Å². The first-order valence-corrected chi connectivity index (χ1v) is 5.11. The van der Waals surface area contributed by atoms with E-state index in [0.29, 0.717) is 24.9 Å². The number of aromatic nitrogens is 2. The third-order valence-corrected chi connectivity index (χ3v) is 2.12. The minimum Gasteiger partial charge on any atom is -0.374 e. The highest BCUT2D eigenvalue weighted by atomic mass is 16.5. The number of nitrogens with two attached hydrogens (primary N) is 1. The van der Waals surface area contributed by atoms with Crippen LogP contribution in [0.4, 0.5) is 0 Å². The fourth-order valence-electron chi connectivity index (χ4n) is 1.02. The molecule has 0 aliphatic heterocycles. The van der Waals surface area contributed by atoms with E-state index in [9.17, 15) is 0 Å². The summed E-state index contributed by atoms with van der Waals surface area (Å²) in [7, 11) is 0. The molecule has 1 aromatic heterocycles. The maximum absolute atomic E-state index is 5.98. The standard InChI is InChI=1S/C10H19N3O2/c1-5-14-6-7-12-9(15-13-7)8(11)10(2,3)4/h8H,5-6,11H2,1-4H3/t8-/m1/s1. The summed E-state index contributed by atoms with van der Waals surface area (Å²) in [5.41, 5.74) is 5.89. The molecule has 1 aromatic rings. The molecular formula is C10H19N3O2. The van der Waals surface area contributed by atoms with E-state index >= 15 is 0 Å². The van der Waals surface area contributed by atoms with Crippen molar-refractivity contribution in [2.45, 2.75) is 40.3 Å². The van der Waals surface area contributed by atoms with E-state index < -0.39 is 0 Å². The zero-order valence-corrected chi connectivity index (χ0v) is 9.78. The van der Waals surface area contributed by atoms with Gasteiger partial charge < -0.3 is 15.0 Å². The Morgan fingerprint density at radius 3 is 2.67 bits per heavy atom. The highest BCUT2D eigenvalue weighted by Crippen LogP contribution is 2.29. The Bertz CT molecular complexity index is 304. The molecule has 5 heteroatoms. The van der Waals surface area contributed by atoms with Crippen molar-refractivity contribution in [1.82, 2.24) is 10.1 Å². The summed E-state index contributed by atoms with van der Waals surface area (Å²) in [5, 5.41) is 3.80. The molecule has 0 radical (unpaired) electrons. The first-order chi connectivity index (χ1) is 6.95. The number of nitrogens with zero attached hydrogens (tertiary/aromatic N) is 2. The topological polar surface area (TPSA) is 74.2 Å². The Morgan fingerprint density at radius 1 is 1.47 bits per heavy atom. The van der Waals surface area contributed by atoms with Crippen LogP contribution in [-0.4, -0.2) is 16.7 Å². The monoisotopic (exact) mass is 213 g/mol. The molecule has 0 unspecified atom stereocenters. The smallest absolute Gasteiger partial charge is 0.244 e. The quantitative estimate of drug-likeness (QED) is 0.823. The van der Waals surface area contributed by atoms with E-state index in [1.807, 2.05) is 27.7 Å². The Labute approximate surface area is 90.0 Å². The molecule has 1 heterocycles. The van der Waals surface area contributed by atoms with Crippen LogP contribution in [0, 0.1) is 5.41 Å². The highest BCUT2D eigenvalue weighted by molar-refractivity contribution is 4.95. The molecule has 0 saturated carbocycles. The molecule has 5 nitrogen and oxygen atoms in total. The summed E-state index contributed by atoms with van der Waals surface area (Å²) < 4.78 is 10.3. The molecule has 0 aliphatic carbocycles. The van der Waals surface area contributed by atoms with Gasteiger partial charge in [0.15, 0.2) is 5.82 Å². The van der Waals surface area contributed by atoms with E-state index in [0.717, 1.165) is 0 Å². The maximum atomic E-state index is 5.98. The van der Waals surface area contributed by atoms with Gasteiger partial charge in [-0.15, -0.1) is 0 Å². The van der Waals surface area contributed by atoms with Crippen LogP contribution in [0.3, 0.4) is 0 Å². The molecule has 1 atom stereocenters. The minimum atomic E-state index is -0.250. The number of hydrogen-bond donors (Lipinski definition) is 1. The lowest BCUT2D eigenvalue weighted by atomic mass is 9.87. The molecule has 2 N–H and O–H groups in total. The molecule has 0 aliphatic rings. The second-order valence-corrected chi connectivity index (χ2v) is 4.53. The van der Waals surface area contributed by atoms with Crippen LogP contribution >= 0.6 is 0 Å². The number of ether oxygens (including phenoxy) is 1. The third-order valence-electron chi connectivity index (χ3n) is 2.12. The summed E-state index contributed by atoms with van der Waals surface area (Å²) in [6.45, 7) is 9.02. The average Bonchev–Trinajstić information content (AvgIpc) is 2.60. The largest absolute Gasteiger partial charge is 0.374 e. The van der Waals surface area contributed by atoms with E-state index in [1.54, 1.807) is 0 Å². The van der Waals surface area contributed by atoms with Gasteiger partial charge in [-0.3, -0.25) is 0 Å². The second kappa shape index (κ2) is 4.72. The lowest BCUT2D eigenvalue weighted by Gasteiger charge is -2.23. The van der Waals surface area contributed by atoms with Crippen molar-refractivity contribution in [2.24, 2.45) is 11.1 Å². The fraction of sp³-hybridized carbons (Fsp3) is 0.800. The van der Waals surface area contributed by atoms with Crippen molar-refractivity contribution in [2.75, 3.05) is 6.61 Å². The SMILES string of the molecule is CCOCc1noc([C@@H](N)C(C)(C)C)n1. The van der Waals surface area contributed by atoms with Gasteiger partial charge in [-0.25, -0.2) is 0 Å². The van der Waals surface area contributed by atoms with Crippen molar-refractivity contribution in [3.05, 3.63) is 11.7 Å². The average molecular weight is 213 g/mol. The normalized spacial score (nSPS) is 14.2. The number of hydrogen-bond acceptors (Lipinski definition) is 5. The van der Waals surface area contributed by atoms with Crippen molar-refractivity contribution in [3.63, 3.8) is 0 Å². The molecule has 0 spiro atoms. The first kappa shape index (κ1) is 12.1. The zero-order chi connectivity index (χ0) is 11.5. The predicted molar refractivity (Wildman–Crippen MR) is 56.0 cm³/mol. The Balaban J connectivity index is 2.67. The predicted octanol–water partition coefficient (Wildman–Crippen LogP) is 1.65. The van der Waals surface area contributed by atoms with Crippen molar-refractivity contribution in [3.8, 4) is 0 Å². The fourth-order valence-corrected chi connectivity index (χ4v) is 1.02. The Kier molecular flexibility index (Phi) is 3.82. The van der Waals surface area contributed by atoms with Gasteiger partial charge in [0.1, 0.15) is 6.61 Å². The van der Waals surface area contributed by atoms with E-state index in [4.69, 9.17) is 15.0 Å². The third kappa shape index (κ3) is 3.28. The minimum absolute atomic E-state index is 0.0879. The molecule has 1 rings (SSSR count). The molecule has 86 valence electrons. The first-order valence-electron chi connectivity index (χ1n) is 5.11. The second-order valence-electron chi connectivity index (χ2n) is 4.53. The zero-order valence-electron chi connectivity index (χ0n) is 9.78. The number of rotatable bonds is 4. The summed E-state index contributed by atoms with van der Waals surface area (Å²) >= 11 is 0. The molecule has 0 bridgehead atoms. The van der Waals surface area contributed by atoms with E-state index in [-0.39, 0.29) is 11.5 Å². The van der Waals surface area contributed by atoms with Crippen LogP contribution in [-0.2, 0) is 11.3 Å².